The average molecular weight is 344 g/mol. The summed E-state index contributed by atoms with van der Waals surface area (Å²) in [6.45, 7) is 7.72. The van der Waals surface area contributed by atoms with Gasteiger partial charge in [-0.2, -0.15) is 5.10 Å². The lowest BCUT2D eigenvalue weighted by Gasteiger charge is -2.14. The first kappa shape index (κ1) is 16.9. The zero-order chi connectivity index (χ0) is 17.1. The fourth-order valence-corrected chi connectivity index (χ4v) is 3.12. The van der Waals surface area contributed by atoms with Crippen molar-refractivity contribution in [3.05, 3.63) is 41.2 Å². The van der Waals surface area contributed by atoms with Crippen LogP contribution in [-0.4, -0.2) is 34.1 Å². The summed E-state index contributed by atoms with van der Waals surface area (Å²) in [4.78, 5) is 0. The molecular weight excluding hydrogens is 320 g/mol. The van der Waals surface area contributed by atoms with Gasteiger partial charge in [0.1, 0.15) is 0 Å². The molecule has 3 rings (SSSR count). The van der Waals surface area contributed by atoms with Crippen molar-refractivity contribution in [3.8, 4) is 5.69 Å². The van der Waals surface area contributed by atoms with E-state index in [-0.39, 0.29) is 6.10 Å². The topological polar surface area (TPSA) is 51.1 Å². The van der Waals surface area contributed by atoms with Crippen LogP contribution in [0.15, 0.2) is 24.3 Å². The van der Waals surface area contributed by atoms with Gasteiger partial charge in [0.05, 0.1) is 28.9 Å². The number of thiocarbonyl (C=S) groups is 1. The minimum atomic E-state index is 0.266. The van der Waals surface area contributed by atoms with E-state index in [9.17, 15) is 0 Å². The molecule has 1 aromatic heterocycles. The van der Waals surface area contributed by atoms with E-state index in [1.54, 1.807) is 0 Å². The smallest absolute Gasteiger partial charge is 0.170 e. The van der Waals surface area contributed by atoms with Crippen molar-refractivity contribution in [1.82, 2.24) is 15.1 Å². The van der Waals surface area contributed by atoms with Crippen LogP contribution in [0.2, 0.25) is 0 Å². The molecule has 0 radical (unpaired) electrons. The Morgan fingerprint density at radius 1 is 1.29 bits per heavy atom. The second-order valence-electron chi connectivity index (χ2n) is 6.26. The fourth-order valence-electron chi connectivity index (χ4n) is 2.93. The van der Waals surface area contributed by atoms with Crippen molar-refractivity contribution >= 4 is 23.0 Å². The van der Waals surface area contributed by atoms with Gasteiger partial charge < -0.3 is 15.4 Å². The molecule has 0 saturated carbocycles. The number of anilines is 1. The number of benzene rings is 1. The SMILES string of the molecule is Cc1ccc(-n2nc(C)c(NC(=S)NCC3CCCO3)c2C)cc1. The van der Waals surface area contributed by atoms with Gasteiger partial charge >= 0.3 is 0 Å². The first-order valence-electron chi connectivity index (χ1n) is 8.34. The van der Waals surface area contributed by atoms with Gasteiger partial charge in [-0.1, -0.05) is 17.7 Å². The van der Waals surface area contributed by atoms with Crippen LogP contribution in [0.1, 0.15) is 29.8 Å². The quantitative estimate of drug-likeness (QED) is 0.834. The van der Waals surface area contributed by atoms with Crippen LogP contribution in [-0.2, 0) is 4.74 Å². The highest BCUT2D eigenvalue weighted by Crippen LogP contribution is 2.23. The maximum Gasteiger partial charge on any atom is 0.170 e. The van der Waals surface area contributed by atoms with Gasteiger partial charge in [0, 0.05) is 13.2 Å². The maximum atomic E-state index is 5.61. The van der Waals surface area contributed by atoms with Crippen molar-refractivity contribution in [3.63, 3.8) is 0 Å². The molecule has 1 aromatic carbocycles. The molecule has 0 spiro atoms. The fraction of sp³-hybridized carbons (Fsp3) is 0.444. The van der Waals surface area contributed by atoms with E-state index in [1.165, 1.54) is 5.56 Å². The van der Waals surface area contributed by atoms with Crippen molar-refractivity contribution in [2.24, 2.45) is 0 Å². The summed E-state index contributed by atoms with van der Waals surface area (Å²) < 4.78 is 7.55. The van der Waals surface area contributed by atoms with Crippen LogP contribution in [0.5, 0.6) is 0 Å². The molecule has 5 nitrogen and oxygen atoms in total. The van der Waals surface area contributed by atoms with E-state index >= 15 is 0 Å². The number of aromatic nitrogens is 2. The molecule has 0 amide bonds. The van der Waals surface area contributed by atoms with E-state index < -0.39 is 0 Å². The highest BCUT2D eigenvalue weighted by Gasteiger charge is 2.17. The highest BCUT2D eigenvalue weighted by atomic mass is 32.1. The lowest BCUT2D eigenvalue weighted by atomic mass is 10.2. The van der Waals surface area contributed by atoms with Crippen LogP contribution in [0.4, 0.5) is 5.69 Å². The van der Waals surface area contributed by atoms with E-state index in [0.29, 0.717) is 5.11 Å². The Labute approximate surface area is 148 Å². The largest absolute Gasteiger partial charge is 0.376 e. The lowest BCUT2D eigenvalue weighted by Crippen LogP contribution is -2.35. The Bertz CT molecular complexity index is 717. The number of ether oxygens (including phenoxy) is 1. The average Bonchev–Trinajstić information content (AvgIpc) is 3.17. The third kappa shape index (κ3) is 3.76. The van der Waals surface area contributed by atoms with Gasteiger partial charge in [-0.25, -0.2) is 4.68 Å². The normalized spacial score (nSPS) is 17.0. The Morgan fingerprint density at radius 3 is 2.71 bits per heavy atom. The zero-order valence-electron chi connectivity index (χ0n) is 14.4. The van der Waals surface area contributed by atoms with Gasteiger partial charge in [0.2, 0.25) is 0 Å². The Morgan fingerprint density at radius 2 is 2.04 bits per heavy atom. The summed E-state index contributed by atoms with van der Waals surface area (Å²) in [6, 6.07) is 8.33. The molecule has 1 aliphatic rings. The molecular formula is C18H24N4OS. The highest BCUT2D eigenvalue weighted by molar-refractivity contribution is 7.80. The van der Waals surface area contributed by atoms with Crippen LogP contribution in [0, 0.1) is 20.8 Å². The molecule has 2 N–H and O–H groups in total. The first-order chi connectivity index (χ1) is 11.5. The third-order valence-corrected chi connectivity index (χ3v) is 4.57. The standard InChI is InChI=1S/C18H24N4OS/c1-12-6-8-15(9-7-12)22-14(3)17(13(2)21-22)20-18(24)19-11-16-5-4-10-23-16/h6-9,16H,4-5,10-11H2,1-3H3,(H2,19,20,24). The molecule has 1 aliphatic heterocycles. The van der Waals surface area contributed by atoms with E-state index in [0.717, 1.165) is 48.8 Å². The molecule has 0 bridgehead atoms. The van der Waals surface area contributed by atoms with Crippen LogP contribution in [0.3, 0.4) is 0 Å². The van der Waals surface area contributed by atoms with E-state index in [2.05, 4.69) is 46.9 Å². The first-order valence-corrected chi connectivity index (χ1v) is 8.75. The van der Waals surface area contributed by atoms with Crippen LogP contribution < -0.4 is 10.6 Å². The number of rotatable bonds is 4. The minimum absolute atomic E-state index is 0.266. The number of nitrogens with zero attached hydrogens (tertiary/aromatic N) is 2. The third-order valence-electron chi connectivity index (χ3n) is 4.32. The molecule has 6 heteroatoms. The monoisotopic (exact) mass is 344 g/mol. The van der Waals surface area contributed by atoms with Crippen molar-refractivity contribution in [1.29, 1.82) is 0 Å². The van der Waals surface area contributed by atoms with Gasteiger partial charge in [0.15, 0.2) is 5.11 Å². The minimum Gasteiger partial charge on any atom is -0.376 e. The second-order valence-corrected chi connectivity index (χ2v) is 6.67. The molecule has 2 aromatic rings. The number of aryl methyl sites for hydroxylation is 2. The van der Waals surface area contributed by atoms with Gasteiger partial charge in [-0.05, 0) is 58.0 Å². The summed E-state index contributed by atoms with van der Waals surface area (Å²) in [5.74, 6) is 0. The summed E-state index contributed by atoms with van der Waals surface area (Å²) >= 11 is 5.42. The molecule has 2 heterocycles. The molecule has 0 aliphatic carbocycles. The number of nitrogens with one attached hydrogen (secondary N) is 2. The Hall–Kier alpha value is -1.92. The molecule has 24 heavy (non-hydrogen) atoms. The van der Waals surface area contributed by atoms with Gasteiger partial charge in [0.25, 0.3) is 0 Å². The van der Waals surface area contributed by atoms with E-state index in [1.807, 2.05) is 18.5 Å². The van der Waals surface area contributed by atoms with Crippen LogP contribution in [0.25, 0.3) is 5.69 Å². The molecule has 1 unspecified atom stereocenters. The summed E-state index contributed by atoms with van der Waals surface area (Å²) in [5.41, 5.74) is 5.21. The Kier molecular flexibility index (Phi) is 5.16. The summed E-state index contributed by atoms with van der Waals surface area (Å²) in [7, 11) is 0. The number of hydrogen-bond acceptors (Lipinski definition) is 3. The maximum absolute atomic E-state index is 5.61. The molecule has 128 valence electrons. The summed E-state index contributed by atoms with van der Waals surface area (Å²) in [5, 5.41) is 11.8. The van der Waals surface area contributed by atoms with Gasteiger partial charge in [-0.15, -0.1) is 0 Å². The molecule has 1 atom stereocenters. The predicted octanol–water partition coefficient (Wildman–Crippen LogP) is 3.26. The molecule has 1 fully saturated rings. The van der Waals surface area contributed by atoms with Crippen molar-refractivity contribution in [2.75, 3.05) is 18.5 Å². The van der Waals surface area contributed by atoms with Crippen molar-refractivity contribution < 1.29 is 4.74 Å². The predicted molar refractivity (Wildman–Crippen MR) is 101 cm³/mol. The summed E-state index contributed by atoms with van der Waals surface area (Å²) in [6.07, 6.45) is 2.50. The lowest BCUT2D eigenvalue weighted by molar-refractivity contribution is 0.114. The molecule has 1 saturated heterocycles. The number of hydrogen-bond donors (Lipinski definition) is 2. The second kappa shape index (κ2) is 7.32. The zero-order valence-corrected chi connectivity index (χ0v) is 15.2. The Balaban J connectivity index is 1.69. The van der Waals surface area contributed by atoms with Crippen LogP contribution >= 0.6 is 12.2 Å². The van der Waals surface area contributed by atoms with Crippen molar-refractivity contribution in [2.45, 2.75) is 39.7 Å². The van der Waals surface area contributed by atoms with E-state index in [4.69, 9.17) is 17.0 Å². The van der Waals surface area contributed by atoms with Gasteiger partial charge in [-0.3, -0.25) is 0 Å².